The fraction of sp³-hybridized carbons (Fsp3) is 0.150. The summed E-state index contributed by atoms with van der Waals surface area (Å²) in [6.45, 7) is 1.49. The summed E-state index contributed by atoms with van der Waals surface area (Å²) >= 11 is 11.1. The Morgan fingerprint density at radius 3 is 2.71 bits per heavy atom. The topological polar surface area (TPSA) is 81.8 Å². The van der Waals surface area contributed by atoms with Gasteiger partial charge in [-0.05, 0) is 54.2 Å². The Kier molecular flexibility index (Phi) is 6.84. The molecular weight excluding hydrogens is 394 g/mol. The minimum Gasteiger partial charge on any atom is -0.361 e. The van der Waals surface area contributed by atoms with Crippen LogP contribution >= 0.6 is 23.8 Å². The second-order valence-corrected chi connectivity index (χ2v) is 6.68. The monoisotopic (exact) mass is 411 g/mol. The molecule has 4 N–H and O–H groups in total. The maximum Gasteiger partial charge on any atom is 0.296 e. The average Bonchev–Trinajstić information content (AvgIpc) is 3.18. The number of pyridine rings is 1. The second-order valence-electron chi connectivity index (χ2n) is 5.83. The Morgan fingerprint density at radius 1 is 1.11 bits per heavy atom. The summed E-state index contributed by atoms with van der Waals surface area (Å²) < 4.78 is 0. The first-order valence-electron chi connectivity index (χ1n) is 8.60. The lowest BCUT2D eigenvalue weighted by atomic mass is 10.2. The molecule has 3 aromatic rings. The number of aromatic nitrogens is 2. The van der Waals surface area contributed by atoms with Gasteiger partial charge in [0.15, 0.2) is 5.11 Å². The Morgan fingerprint density at radius 2 is 1.89 bits per heavy atom. The van der Waals surface area contributed by atoms with Crippen LogP contribution in [0.1, 0.15) is 11.1 Å². The predicted octanol–water partition coefficient (Wildman–Crippen LogP) is 2.35. The molecule has 0 radical (unpaired) electrons. The molecule has 2 heterocycles. The fourth-order valence-corrected chi connectivity index (χ4v) is 2.77. The lowest BCUT2D eigenvalue weighted by molar-refractivity contribution is -0.115. The first-order chi connectivity index (χ1) is 13.6. The normalized spacial score (nSPS) is 10.0. The highest BCUT2D eigenvalue weighted by molar-refractivity contribution is 7.80. The van der Waals surface area contributed by atoms with Crippen LogP contribution in [-0.2, 0) is 11.3 Å². The van der Waals surface area contributed by atoms with Crippen molar-refractivity contribution >= 4 is 45.9 Å². The standard InChI is InChI=1S/C20H18ClN5OS/c21-16-4-1-14(2-5-16)3-6-18(27)22-11-12-25-20(28)26-13-15-7-9-23-19-17(15)8-10-24-19/h1-2,4-5,7-10H,11-13H2,(H,22,27)(H,23,24)(H2,25,26,28). The molecule has 0 aliphatic heterocycles. The number of aromatic amines is 1. The molecule has 0 saturated heterocycles. The lowest BCUT2D eigenvalue weighted by Gasteiger charge is -2.11. The van der Waals surface area contributed by atoms with E-state index in [0.29, 0.717) is 29.8 Å². The SMILES string of the molecule is O=C(C#Cc1ccc(Cl)cc1)NCCNC(=S)NCc1ccnc2[nH]ccc12. The van der Waals surface area contributed by atoms with Crippen LogP contribution in [0.3, 0.4) is 0 Å². The van der Waals surface area contributed by atoms with Crippen LogP contribution in [0.5, 0.6) is 0 Å². The molecule has 6 nitrogen and oxygen atoms in total. The van der Waals surface area contributed by atoms with Gasteiger partial charge in [0.25, 0.3) is 5.91 Å². The van der Waals surface area contributed by atoms with E-state index < -0.39 is 0 Å². The van der Waals surface area contributed by atoms with E-state index in [1.807, 2.05) is 18.3 Å². The molecule has 0 saturated carbocycles. The fourth-order valence-electron chi connectivity index (χ4n) is 2.47. The average molecular weight is 412 g/mol. The summed E-state index contributed by atoms with van der Waals surface area (Å²) in [6.07, 6.45) is 3.61. The highest BCUT2D eigenvalue weighted by atomic mass is 35.5. The first kappa shape index (κ1) is 19.7. The number of halogens is 1. The minimum absolute atomic E-state index is 0.345. The second kappa shape index (κ2) is 9.74. The zero-order valence-electron chi connectivity index (χ0n) is 14.9. The van der Waals surface area contributed by atoms with Gasteiger partial charge >= 0.3 is 0 Å². The number of nitrogens with one attached hydrogen (secondary N) is 4. The highest BCUT2D eigenvalue weighted by Crippen LogP contribution is 2.14. The zero-order chi connectivity index (χ0) is 19.8. The molecule has 1 amide bonds. The Balaban J connectivity index is 1.36. The highest BCUT2D eigenvalue weighted by Gasteiger charge is 2.03. The summed E-state index contributed by atoms with van der Waals surface area (Å²) in [4.78, 5) is 19.1. The van der Waals surface area contributed by atoms with Gasteiger partial charge in [0, 0.05) is 53.9 Å². The van der Waals surface area contributed by atoms with Crippen LogP contribution in [0.2, 0.25) is 5.02 Å². The zero-order valence-corrected chi connectivity index (χ0v) is 16.5. The molecular formula is C20H18ClN5OS. The summed E-state index contributed by atoms with van der Waals surface area (Å²) in [7, 11) is 0. The molecule has 0 atom stereocenters. The number of thiocarbonyl (C=S) groups is 1. The van der Waals surface area contributed by atoms with Gasteiger partial charge in [0.05, 0.1) is 0 Å². The molecule has 0 aliphatic rings. The number of carbonyl (C=O) groups excluding carboxylic acids is 1. The minimum atomic E-state index is -0.345. The largest absolute Gasteiger partial charge is 0.361 e. The smallest absolute Gasteiger partial charge is 0.296 e. The van der Waals surface area contributed by atoms with Crippen LogP contribution in [0.4, 0.5) is 0 Å². The Labute approximate surface area is 173 Å². The molecule has 142 valence electrons. The summed E-state index contributed by atoms with van der Waals surface area (Å²) in [5.74, 6) is 4.98. The number of hydrogen-bond donors (Lipinski definition) is 4. The van der Waals surface area contributed by atoms with Crippen molar-refractivity contribution in [1.29, 1.82) is 0 Å². The number of nitrogens with zero attached hydrogens (tertiary/aromatic N) is 1. The maximum absolute atomic E-state index is 11.7. The van der Waals surface area contributed by atoms with E-state index in [1.54, 1.807) is 30.5 Å². The van der Waals surface area contributed by atoms with E-state index in [4.69, 9.17) is 23.8 Å². The first-order valence-corrected chi connectivity index (χ1v) is 9.38. The number of fused-ring (bicyclic) bond motifs is 1. The van der Waals surface area contributed by atoms with E-state index in [9.17, 15) is 4.79 Å². The van der Waals surface area contributed by atoms with Crippen LogP contribution in [0.25, 0.3) is 11.0 Å². The van der Waals surface area contributed by atoms with Crippen LogP contribution < -0.4 is 16.0 Å². The van der Waals surface area contributed by atoms with E-state index in [1.165, 1.54) is 0 Å². The molecule has 0 bridgehead atoms. The third kappa shape index (κ3) is 5.71. The van der Waals surface area contributed by atoms with Gasteiger partial charge in [-0.1, -0.05) is 17.5 Å². The van der Waals surface area contributed by atoms with E-state index in [-0.39, 0.29) is 5.91 Å². The van der Waals surface area contributed by atoms with Crippen LogP contribution in [0, 0.1) is 11.8 Å². The van der Waals surface area contributed by atoms with Crippen LogP contribution in [0.15, 0.2) is 48.8 Å². The summed E-state index contributed by atoms with van der Waals surface area (Å²) in [5, 5.41) is 11.1. The number of rotatable bonds is 5. The summed E-state index contributed by atoms with van der Waals surface area (Å²) in [6, 6.07) is 10.9. The molecule has 28 heavy (non-hydrogen) atoms. The molecule has 2 aromatic heterocycles. The quantitative estimate of drug-likeness (QED) is 0.294. The van der Waals surface area contributed by atoms with Crippen molar-refractivity contribution in [2.24, 2.45) is 0 Å². The molecule has 0 fully saturated rings. The van der Waals surface area contributed by atoms with Gasteiger partial charge in [-0.15, -0.1) is 0 Å². The lowest BCUT2D eigenvalue weighted by Crippen LogP contribution is -2.39. The van der Waals surface area contributed by atoms with E-state index in [0.717, 1.165) is 22.2 Å². The van der Waals surface area contributed by atoms with Gasteiger partial charge in [0.1, 0.15) is 5.65 Å². The number of H-pyrrole nitrogens is 1. The van der Waals surface area contributed by atoms with Crippen molar-refractivity contribution in [3.63, 3.8) is 0 Å². The number of benzene rings is 1. The predicted molar refractivity (Wildman–Crippen MR) is 115 cm³/mol. The Hall–Kier alpha value is -3.08. The third-order valence-electron chi connectivity index (χ3n) is 3.85. The number of amides is 1. The van der Waals surface area contributed by atoms with Crippen molar-refractivity contribution in [2.75, 3.05) is 13.1 Å². The van der Waals surface area contributed by atoms with Crippen molar-refractivity contribution < 1.29 is 4.79 Å². The van der Waals surface area contributed by atoms with Gasteiger partial charge in [-0.2, -0.15) is 0 Å². The molecule has 1 aromatic carbocycles. The molecule has 0 spiro atoms. The molecule has 3 rings (SSSR count). The van der Waals surface area contributed by atoms with Gasteiger partial charge in [-0.3, -0.25) is 4.79 Å². The number of hydrogen-bond acceptors (Lipinski definition) is 3. The summed E-state index contributed by atoms with van der Waals surface area (Å²) in [5.41, 5.74) is 2.68. The van der Waals surface area contributed by atoms with E-state index >= 15 is 0 Å². The van der Waals surface area contributed by atoms with Gasteiger partial charge in [0.2, 0.25) is 0 Å². The maximum atomic E-state index is 11.7. The van der Waals surface area contributed by atoms with Gasteiger partial charge < -0.3 is 20.9 Å². The van der Waals surface area contributed by atoms with E-state index in [2.05, 4.69) is 37.8 Å². The number of carbonyl (C=O) groups is 1. The Bertz CT molecular complexity index is 1040. The van der Waals surface area contributed by atoms with Crippen molar-refractivity contribution in [3.8, 4) is 11.8 Å². The van der Waals surface area contributed by atoms with Crippen molar-refractivity contribution in [2.45, 2.75) is 6.54 Å². The van der Waals surface area contributed by atoms with Crippen molar-refractivity contribution in [1.82, 2.24) is 25.9 Å². The molecule has 8 heteroatoms. The van der Waals surface area contributed by atoms with Crippen molar-refractivity contribution in [3.05, 3.63) is 64.9 Å². The molecule has 0 unspecified atom stereocenters. The molecule has 0 aliphatic carbocycles. The van der Waals surface area contributed by atoms with Gasteiger partial charge in [-0.25, -0.2) is 4.98 Å². The van der Waals surface area contributed by atoms with Crippen LogP contribution in [-0.4, -0.2) is 34.1 Å². The third-order valence-corrected chi connectivity index (χ3v) is 4.39.